The first-order valence-corrected chi connectivity index (χ1v) is 19.2. The van der Waals surface area contributed by atoms with Crippen molar-refractivity contribution in [1.29, 1.82) is 0 Å². The van der Waals surface area contributed by atoms with Crippen molar-refractivity contribution < 1.29 is 4.42 Å². The monoisotopic (exact) mass is 730 g/mol. The highest BCUT2D eigenvalue weighted by atomic mass is 16.3. The number of hydrogen-bond acceptors (Lipinski definition) is 4. The lowest BCUT2D eigenvalue weighted by atomic mass is 9.99. The average molecular weight is 731 g/mol. The molecule has 11 aromatic rings. The quantitative estimate of drug-likeness (QED) is 0.171. The SMILES string of the molecule is Cc1ccc(-c2ccc3c4ccccc4n(-c4ccc(-c5ccc6c(c5)oc5ccccc56)cc4-c4nc(-c5ccccc5)nc(-c5ccccc5)n4)c3c2)cc1. The minimum Gasteiger partial charge on any atom is -0.456 e. The Balaban J connectivity index is 1.20. The average Bonchev–Trinajstić information content (AvgIpc) is 3.82. The van der Waals surface area contributed by atoms with Crippen LogP contribution in [0.15, 0.2) is 192 Å². The molecule has 0 bridgehead atoms. The first-order valence-electron chi connectivity index (χ1n) is 19.2. The van der Waals surface area contributed by atoms with Crippen LogP contribution in [0, 0.1) is 6.92 Å². The van der Waals surface area contributed by atoms with Gasteiger partial charge in [-0.05, 0) is 71.6 Å². The van der Waals surface area contributed by atoms with Gasteiger partial charge in [-0.2, -0.15) is 0 Å². The molecule has 3 heterocycles. The van der Waals surface area contributed by atoms with Crippen molar-refractivity contribution >= 4 is 43.7 Å². The summed E-state index contributed by atoms with van der Waals surface area (Å²) in [7, 11) is 0. The lowest BCUT2D eigenvalue weighted by molar-refractivity contribution is 0.669. The molecule has 5 nitrogen and oxygen atoms in total. The molecule has 0 fully saturated rings. The Hall–Kier alpha value is -7.63. The summed E-state index contributed by atoms with van der Waals surface area (Å²) in [4.78, 5) is 15.6. The van der Waals surface area contributed by atoms with E-state index in [0.717, 1.165) is 72.0 Å². The zero-order valence-electron chi connectivity index (χ0n) is 31.1. The maximum Gasteiger partial charge on any atom is 0.166 e. The fourth-order valence-electron chi connectivity index (χ4n) is 8.08. The number of aromatic nitrogens is 4. The number of hydrogen-bond donors (Lipinski definition) is 0. The van der Waals surface area contributed by atoms with E-state index in [2.05, 4.69) is 127 Å². The fraction of sp³-hybridized carbons (Fsp3) is 0.0192. The summed E-state index contributed by atoms with van der Waals surface area (Å²) in [5.41, 5.74) is 13.3. The predicted octanol–water partition coefficient (Wildman–Crippen LogP) is 13.5. The molecule has 0 spiro atoms. The number of rotatable bonds is 6. The molecule has 3 aromatic heterocycles. The Bertz CT molecular complexity index is 3230. The molecule has 0 radical (unpaired) electrons. The van der Waals surface area contributed by atoms with E-state index in [1.807, 2.05) is 72.8 Å². The first kappa shape index (κ1) is 32.8. The summed E-state index contributed by atoms with van der Waals surface area (Å²) in [6.07, 6.45) is 0. The van der Waals surface area contributed by atoms with Crippen LogP contribution in [0.4, 0.5) is 0 Å². The largest absolute Gasteiger partial charge is 0.456 e. The topological polar surface area (TPSA) is 56.7 Å². The third kappa shape index (κ3) is 5.68. The van der Waals surface area contributed by atoms with E-state index in [1.165, 1.54) is 21.9 Å². The zero-order valence-corrected chi connectivity index (χ0v) is 31.1. The molecular weight excluding hydrogens is 697 g/mol. The van der Waals surface area contributed by atoms with E-state index in [-0.39, 0.29) is 0 Å². The van der Waals surface area contributed by atoms with Gasteiger partial charge in [0.2, 0.25) is 0 Å². The molecule has 0 saturated carbocycles. The van der Waals surface area contributed by atoms with E-state index in [9.17, 15) is 0 Å². The number of fused-ring (bicyclic) bond motifs is 6. The summed E-state index contributed by atoms with van der Waals surface area (Å²) in [6, 6.07) is 65.8. The minimum atomic E-state index is 0.588. The first-order chi connectivity index (χ1) is 28.1. The maximum absolute atomic E-state index is 6.36. The number of nitrogens with zero attached hydrogens (tertiary/aromatic N) is 4. The summed E-state index contributed by atoms with van der Waals surface area (Å²) >= 11 is 0. The zero-order chi connectivity index (χ0) is 37.9. The van der Waals surface area contributed by atoms with Gasteiger partial charge in [0, 0.05) is 38.2 Å². The second-order valence-corrected chi connectivity index (χ2v) is 14.5. The highest BCUT2D eigenvalue weighted by Crippen LogP contribution is 2.40. The molecule has 268 valence electrons. The summed E-state index contributed by atoms with van der Waals surface area (Å²) in [5, 5.41) is 4.56. The molecular formula is C52H34N4O. The van der Waals surface area contributed by atoms with Crippen molar-refractivity contribution in [1.82, 2.24) is 19.5 Å². The standard InChI is InChI=1S/C52H34N4O/c1-33-20-22-34(23-21-33)38-24-27-41-40-16-8-10-18-45(40)56(47(41)31-38)46-29-26-37(39-25-28-43-42-17-9-11-19-48(42)57-49(43)32-39)30-44(46)52-54-50(35-12-4-2-5-13-35)53-51(55-52)36-14-6-3-7-15-36/h2-32H,1H3. The molecule has 0 atom stereocenters. The maximum atomic E-state index is 6.36. The van der Waals surface area contributed by atoms with E-state index < -0.39 is 0 Å². The Morgan fingerprint density at radius 3 is 1.63 bits per heavy atom. The second-order valence-electron chi connectivity index (χ2n) is 14.5. The van der Waals surface area contributed by atoms with Gasteiger partial charge in [-0.1, -0.05) is 151 Å². The van der Waals surface area contributed by atoms with Gasteiger partial charge < -0.3 is 8.98 Å². The van der Waals surface area contributed by atoms with E-state index in [4.69, 9.17) is 19.4 Å². The van der Waals surface area contributed by atoms with Crippen LogP contribution in [-0.2, 0) is 0 Å². The van der Waals surface area contributed by atoms with Gasteiger partial charge in [-0.3, -0.25) is 0 Å². The Kier molecular flexibility index (Phi) is 7.64. The van der Waals surface area contributed by atoms with Crippen molar-refractivity contribution in [2.75, 3.05) is 0 Å². The van der Waals surface area contributed by atoms with Crippen LogP contribution < -0.4 is 0 Å². The Morgan fingerprint density at radius 1 is 0.368 bits per heavy atom. The second kappa shape index (κ2) is 13.3. The van der Waals surface area contributed by atoms with Crippen molar-refractivity contribution in [3.8, 4) is 62.1 Å². The molecule has 0 N–H and O–H groups in total. The third-order valence-corrected chi connectivity index (χ3v) is 10.9. The normalized spacial score (nSPS) is 11.6. The van der Waals surface area contributed by atoms with Crippen LogP contribution >= 0.6 is 0 Å². The molecule has 5 heteroatoms. The van der Waals surface area contributed by atoms with E-state index >= 15 is 0 Å². The van der Waals surface area contributed by atoms with Gasteiger partial charge in [0.05, 0.1) is 16.7 Å². The smallest absolute Gasteiger partial charge is 0.166 e. The van der Waals surface area contributed by atoms with Crippen LogP contribution in [0.1, 0.15) is 5.56 Å². The van der Waals surface area contributed by atoms with Gasteiger partial charge >= 0.3 is 0 Å². The predicted molar refractivity (Wildman–Crippen MR) is 233 cm³/mol. The summed E-state index contributed by atoms with van der Waals surface area (Å²) in [6.45, 7) is 2.12. The molecule has 0 aliphatic carbocycles. The molecule has 0 saturated heterocycles. The van der Waals surface area contributed by atoms with Crippen molar-refractivity contribution in [3.05, 3.63) is 194 Å². The number of benzene rings is 8. The Labute approximate surface area is 329 Å². The molecule has 0 aliphatic heterocycles. The third-order valence-electron chi connectivity index (χ3n) is 10.9. The van der Waals surface area contributed by atoms with Crippen LogP contribution in [0.3, 0.4) is 0 Å². The number of aryl methyl sites for hydroxylation is 1. The van der Waals surface area contributed by atoms with Crippen LogP contribution in [0.2, 0.25) is 0 Å². The minimum absolute atomic E-state index is 0.588. The van der Waals surface area contributed by atoms with Gasteiger partial charge in [0.1, 0.15) is 11.2 Å². The molecule has 0 aliphatic rings. The number of para-hydroxylation sites is 2. The number of furan rings is 1. The fourth-order valence-corrected chi connectivity index (χ4v) is 8.08. The highest BCUT2D eigenvalue weighted by Gasteiger charge is 2.21. The van der Waals surface area contributed by atoms with Crippen molar-refractivity contribution in [2.24, 2.45) is 0 Å². The highest BCUT2D eigenvalue weighted by molar-refractivity contribution is 6.11. The van der Waals surface area contributed by atoms with Crippen LogP contribution in [-0.4, -0.2) is 19.5 Å². The van der Waals surface area contributed by atoms with Gasteiger partial charge in [-0.15, -0.1) is 0 Å². The van der Waals surface area contributed by atoms with Crippen molar-refractivity contribution in [3.63, 3.8) is 0 Å². The summed E-state index contributed by atoms with van der Waals surface area (Å²) in [5.74, 6) is 1.82. The molecule has 0 unspecified atom stereocenters. The molecule has 11 rings (SSSR count). The van der Waals surface area contributed by atoms with Crippen LogP contribution in [0.5, 0.6) is 0 Å². The van der Waals surface area contributed by atoms with Crippen molar-refractivity contribution in [2.45, 2.75) is 6.92 Å². The molecule has 8 aromatic carbocycles. The lowest BCUT2D eigenvalue weighted by Crippen LogP contribution is -2.04. The van der Waals surface area contributed by atoms with E-state index in [1.54, 1.807) is 0 Å². The molecule has 0 amide bonds. The van der Waals surface area contributed by atoms with Gasteiger partial charge in [0.15, 0.2) is 17.5 Å². The summed E-state index contributed by atoms with van der Waals surface area (Å²) < 4.78 is 8.73. The van der Waals surface area contributed by atoms with E-state index in [0.29, 0.717) is 17.5 Å². The lowest BCUT2D eigenvalue weighted by Gasteiger charge is -2.16. The molecule has 57 heavy (non-hydrogen) atoms. The van der Waals surface area contributed by atoms with Crippen LogP contribution in [0.25, 0.3) is 106 Å². The van der Waals surface area contributed by atoms with Gasteiger partial charge in [-0.25, -0.2) is 15.0 Å². The van der Waals surface area contributed by atoms with Gasteiger partial charge in [0.25, 0.3) is 0 Å². The Morgan fingerprint density at radius 2 is 0.895 bits per heavy atom.